The molecule has 4 rings (SSSR count). The molecule has 146 valence electrons. The van der Waals surface area contributed by atoms with E-state index in [9.17, 15) is 9.59 Å². The minimum Gasteiger partial charge on any atom is -0.465 e. The molecule has 0 spiro atoms. The number of ether oxygens (including phenoxy) is 2. The van der Waals surface area contributed by atoms with Crippen molar-refractivity contribution in [1.29, 1.82) is 0 Å². The molecule has 0 unspecified atom stereocenters. The third-order valence-corrected chi connectivity index (χ3v) is 5.05. The molecule has 0 saturated carbocycles. The van der Waals surface area contributed by atoms with Gasteiger partial charge in [-0.25, -0.2) is 0 Å². The maximum atomic E-state index is 12.0. The van der Waals surface area contributed by atoms with Crippen molar-refractivity contribution in [3.63, 3.8) is 0 Å². The Balaban J connectivity index is 1.42. The van der Waals surface area contributed by atoms with Crippen molar-refractivity contribution in [3.05, 3.63) is 59.6 Å². The first-order chi connectivity index (χ1) is 13.6. The highest BCUT2D eigenvalue weighted by atomic mass is 16.7. The van der Waals surface area contributed by atoms with E-state index in [1.807, 2.05) is 18.2 Å². The molecule has 1 aromatic carbocycles. The Bertz CT molecular complexity index is 898. The third-order valence-electron chi connectivity index (χ3n) is 5.05. The number of carbonyl (C=O) groups excluding carboxylic acids is 2. The lowest BCUT2D eigenvalue weighted by molar-refractivity contribution is -0.170. The van der Waals surface area contributed by atoms with E-state index in [0.29, 0.717) is 38.4 Å². The number of anilines is 1. The first-order valence-corrected chi connectivity index (χ1v) is 9.25. The molecule has 0 radical (unpaired) electrons. The van der Waals surface area contributed by atoms with Crippen LogP contribution in [0.1, 0.15) is 23.3 Å². The second-order valence-corrected chi connectivity index (χ2v) is 6.81. The number of nitrogens with zero attached hydrogens (tertiary/aromatic N) is 1. The molecule has 7 heteroatoms. The molecule has 1 N–H and O–H groups in total. The van der Waals surface area contributed by atoms with Crippen LogP contribution >= 0.6 is 0 Å². The van der Waals surface area contributed by atoms with Gasteiger partial charge in [-0.15, -0.1) is 0 Å². The Kier molecular flexibility index (Phi) is 5.02. The Morgan fingerprint density at radius 3 is 2.86 bits per heavy atom. The Morgan fingerprint density at radius 2 is 2.11 bits per heavy atom. The van der Waals surface area contributed by atoms with Crippen LogP contribution in [0.5, 0.6) is 0 Å². The van der Waals surface area contributed by atoms with Gasteiger partial charge in [-0.2, -0.15) is 0 Å². The summed E-state index contributed by atoms with van der Waals surface area (Å²) in [4.78, 5) is 25.6. The summed E-state index contributed by atoms with van der Waals surface area (Å²) in [6.45, 7) is 1.36. The minimum atomic E-state index is -0.906. The molecular formula is C21H22N2O5. The number of likely N-dealkylation sites (N-methyl/N-ethyl adjacent to an activating group) is 1. The van der Waals surface area contributed by atoms with Crippen molar-refractivity contribution >= 4 is 23.6 Å². The fourth-order valence-corrected chi connectivity index (χ4v) is 3.57. The Morgan fingerprint density at radius 1 is 1.29 bits per heavy atom. The molecule has 2 aliphatic heterocycles. The molecule has 1 fully saturated rings. The summed E-state index contributed by atoms with van der Waals surface area (Å²) in [6.07, 6.45) is 5.44. The molecule has 0 bridgehead atoms. The van der Waals surface area contributed by atoms with Crippen LogP contribution in [0.15, 0.2) is 47.1 Å². The number of amides is 2. The summed E-state index contributed by atoms with van der Waals surface area (Å²) in [5.74, 6) is -0.431. The van der Waals surface area contributed by atoms with Crippen LogP contribution in [0.4, 0.5) is 5.69 Å². The van der Waals surface area contributed by atoms with E-state index in [2.05, 4.69) is 5.32 Å². The van der Waals surface area contributed by atoms with Crippen LogP contribution in [0.3, 0.4) is 0 Å². The van der Waals surface area contributed by atoms with Crippen LogP contribution in [-0.4, -0.2) is 38.6 Å². The monoisotopic (exact) mass is 382 g/mol. The number of fused-ring (bicyclic) bond motifs is 1. The van der Waals surface area contributed by atoms with Gasteiger partial charge in [0, 0.05) is 37.3 Å². The fraction of sp³-hybridized carbons (Fsp3) is 0.333. The van der Waals surface area contributed by atoms with Crippen molar-refractivity contribution in [2.75, 3.05) is 31.7 Å². The highest BCUT2D eigenvalue weighted by Gasteiger charge is 2.39. The van der Waals surface area contributed by atoms with Crippen LogP contribution in [0, 0.1) is 0 Å². The van der Waals surface area contributed by atoms with Crippen molar-refractivity contribution in [2.45, 2.75) is 18.6 Å². The number of carbonyl (C=O) groups is 2. The van der Waals surface area contributed by atoms with E-state index in [1.54, 1.807) is 36.4 Å². The van der Waals surface area contributed by atoms with Crippen molar-refractivity contribution in [1.82, 2.24) is 5.32 Å². The highest BCUT2D eigenvalue weighted by molar-refractivity contribution is 6.01. The average molecular weight is 382 g/mol. The molecular weight excluding hydrogens is 360 g/mol. The summed E-state index contributed by atoms with van der Waals surface area (Å²) in [6, 6.07) is 9.36. The summed E-state index contributed by atoms with van der Waals surface area (Å²) in [5, 5.41) is 2.84. The zero-order valence-electron chi connectivity index (χ0n) is 15.6. The second kappa shape index (κ2) is 7.61. The predicted octanol–water partition coefficient (Wildman–Crippen LogP) is 2.22. The first-order valence-electron chi connectivity index (χ1n) is 9.25. The average Bonchev–Trinajstić information content (AvgIpc) is 3.43. The molecule has 28 heavy (non-hydrogen) atoms. The second-order valence-electron chi connectivity index (χ2n) is 6.81. The summed E-state index contributed by atoms with van der Waals surface area (Å²) >= 11 is 0. The predicted molar refractivity (Wildman–Crippen MR) is 103 cm³/mol. The number of furan rings is 1. The summed E-state index contributed by atoms with van der Waals surface area (Å²) < 4.78 is 17.0. The highest BCUT2D eigenvalue weighted by Crippen LogP contribution is 2.38. The maximum Gasteiger partial charge on any atom is 0.244 e. The van der Waals surface area contributed by atoms with Crippen LogP contribution in [0.25, 0.3) is 6.08 Å². The largest absolute Gasteiger partial charge is 0.465 e. The van der Waals surface area contributed by atoms with Crippen molar-refractivity contribution < 1.29 is 23.5 Å². The Hall–Kier alpha value is -2.90. The lowest BCUT2D eigenvalue weighted by Gasteiger charge is -2.28. The van der Waals surface area contributed by atoms with Gasteiger partial charge in [0.1, 0.15) is 5.76 Å². The van der Waals surface area contributed by atoms with Gasteiger partial charge in [0.05, 0.1) is 25.9 Å². The topological polar surface area (TPSA) is 81.0 Å². The van der Waals surface area contributed by atoms with Gasteiger partial charge in [0.15, 0.2) is 5.79 Å². The van der Waals surface area contributed by atoms with Gasteiger partial charge in [0.2, 0.25) is 11.8 Å². The number of hydrogen-bond donors (Lipinski definition) is 1. The molecule has 2 aliphatic rings. The van der Waals surface area contributed by atoms with E-state index in [4.69, 9.17) is 13.9 Å². The maximum absolute atomic E-state index is 12.0. The van der Waals surface area contributed by atoms with Gasteiger partial charge < -0.3 is 24.1 Å². The number of rotatable bonds is 6. The fourth-order valence-electron chi connectivity index (χ4n) is 3.57. The lowest BCUT2D eigenvalue weighted by Crippen LogP contribution is -2.33. The Labute approximate surface area is 162 Å². The third kappa shape index (κ3) is 3.58. The van der Waals surface area contributed by atoms with Gasteiger partial charge >= 0.3 is 0 Å². The SMILES string of the molecule is CN1C(=O)Cc2cc(C3(CCNC(=O)/C=C/c4ccco4)OCCO3)ccc21. The zero-order valence-corrected chi connectivity index (χ0v) is 15.6. The molecule has 7 nitrogen and oxygen atoms in total. The van der Waals surface area contributed by atoms with E-state index >= 15 is 0 Å². The summed E-state index contributed by atoms with van der Waals surface area (Å²) in [7, 11) is 1.78. The molecule has 1 aromatic heterocycles. The smallest absolute Gasteiger partial charge is 0.244 e. The van der Waals surface area contributed by atoms with Crippen LogP contribution in [-0.2, 0) is 31.3 Å². The van der Waals surface area contributed by atoms with Crippen molar-refractivity contribution in [2.24, 2.45) is 0 Å². The minimum absolute atomic E-state index is 0.0741. The zero-order chi connectivity index (χ0) is 19.6. The van der Waals surface area contributed by atoms with Gasteiger partial charge in [-0.05, 0) is 35.9 Å². The molecule has 0 atom stereocenters. The van der Waals surface area contributed by atoms with E-state index < -0.39 is 5.79 Å². The standard InChI is InChI=1S/C21H22N2O5/c1-23-18-6-4-16(13-15(18)14-20(23)25)21(27-11-12-28-21)8-9-22-19(24)7-5-17-3-2-10-26-17/h2-7,10,13H,8-9,11-12,14H2,1H3,(H,22,24)/b7-5+. The van der Waals surface area contributed by atoms with E-state index in [-0.39, 0.29) is 11.8 Å². The quantitative estimate of drug-likeness (QED) is 0.775. The molecule has 2 aromatic rings. The number of hydrogen-bond acceptors (Lipinski definition) is 5. The summed E-state index contributed by atoms with van der Waals surface area (Å²) in [5.41, 5.74) is 2.75. The van der Waals surface area contributed by atoms with E-state index in [1.165, 1.54) is 6.08 Å². The molecule has 2 amide bonds. The van der Waals surface area contributed by atoms with Crippen LogP contribution in [0.2, 0.25) is 0 Å². The normalized spacial score (nSPS) is 18.0. The van der Waals surface area contributed by atoms with Gasteiger partial charge in [-0.3, -0.25) is 9.59 Å². The van der Waals surface area contributed by atoms with Crippen molar-refractivity contribution in [3.8, 4) is 0 Å². The first kappa shape index (κ1) is 18.5. The van der Waals surface area contributed by atoms with Gasteiger partial charge in [0.25, 0.3) is 0 Å². The van der Waals surface area contributed by atoms with Gasteiger partial charge in [-0.1, -0.05) is 6.07 Å². The number of benzene rings is 1. The number of nitrogens with one attached hydrogen (secondary N) is 1. The molecule has 1 saturated heterocycles. The molecule has 0 aliphatic carbocycles. The lowest BCUT2D eigenvalue weighted by atomic mass is 9.98. The van der Waals surface area contributed by atoms with E-state index in [0.717, 1.165) is 16.8 Å². The van der Waals surface area contributed by atoms with Crippen LogP contribution < -0.4 is 10.2 Å². The molecule has 3 heterocycles.